The second-order valence-corrected chi connectivity index (χ2v) is 16.0. The molecule has 1 heterocycles. The lowest BCUT2D eigenvalue weighted by atomic mass is 9.32. The highest BCUT2D eigenvalue weighted by molar-refractivity contribution is 5.83. The molecule has 0 spiro atoms. The van der Waals surface area contributed by atoms with Gasteiger partial charge in [-0.1, -0.05) is 46.8 Å². The van der Waals surface area contributed by atoms with Crippen molar-refractivity contribution in [2.75, 3.05) is 0 Å². The average Bonchev–Trinajstić information content (AvgIpc) is 3.54. The third-order valence-corrected chi connectivity index (χ3v) is 14.5. The van der Waals surface area contributed by atoms with E-state index in [4.69, 9.17) is 4.42 Å². The maximum absolute atomic E-state index is 14.2. The summed E-state index contributed by atoms with van der Waals surface area (Å²) in [6.07, 6.45) is 14.5. The first-order chi connectivity index (χ1) is 18.3. The van der Waals surface area contributed by atoms with Crippen LogP contribution in [0.5, 0.6) is 0 Å². The zero-order valence-corrected chi connectivity index (χ0v) is 25.4. The molecule has 4 nitrogen and oxygen atoms in total. The topological polar surface area (TPSA) is 62.5 Å². The smallest absolute Gasteiger partial charge is 0.226 e. The molecule has 0 aliphatic heterocycles. The largest absolute Gasteiger partial charge is 0.472 e. The highest BCUT2D eigenvalue weighted by Crippen LogP contribution is 2.77. The molecule has 216 valence electrons. The van der Waals surface area contributed by atoms with Crippen LogP contribution < -0.4 is 5.32 Å². The van der Waals surface area contributed by atoms with Gasteiger partial charge in [0.05, 0.1) is 24.0 Å². The Morgan fingerprint density at radius 2 is 1.74 bits per heavy atom. The zero-order valence-electron chi connectivity index (χ0n) is 25.4. The normalized spacial score (nSPS) is 48.3. The van der Waals surface area contributed by atoms with Crippen LogP contribution in [0.15, 0.2) is 35.2 Å². The molecule has 4 heteroatoms. The fraction of sp³-hybridized carbons (Fsp3) is 0.800. The quantitative estimate of drug-likeness (QED) is 0.385. The van der Waals surface area contributed by atoms with Crippen LogP contribution in [0.25, 0.3) is 0 Å². The second kappa shape index (κ2) is 8.97. The first-order valence-electron chi connectivity index (χ1n) is 15.9. The fourth-order valence-corrected chi connectivity index (χ4v) is 12.3. The van der Waals surface area contributed by atoms with Gasteiger partial charge in [-0.15, -0.1) is 0 Å². The summed E-state index contributed by atoms with van der Waals surface area (Å²) >= 11 is 0. The van der Waals surface area contributed by atoms with Crippen LogP contribution in [-0.4, -0.2) is 17.1 Å². The molecule has 6 rings (SSSR count). The molecule has 0 saturated heterocycles. The second-order valence-electron chi connectivity index (χ2n) is 16.0. The van der Waals surface area contributed by atoms with Crippen LogP contribution in [0, 0.1) is 56.7 Å². The number of nitrogens with one attached hydrogen (secondary N) is 1. The Morgan fingerprint density at radius 3 is 2.44 bits per heavy atom. The van der Waals surface area contributed by atoms with Gasteiger partial charge in [-0.3, -0.25) is 4.79 Å². The Balaban J connectivity index is 1.35. The van der Waals surface area contributed by atoms with Crippen LogP contribution in [0.4, 0.5) is 0 Å². The lowest BCUT2D eigenvalue weighted by Crippen LogP contribution is -2.67. The molecule has 0 unspecified atom stereocenters. The Labute approximate surface area is 236 Å². The summed E-state index contributed by atoms with van der Waals surface area (Å²) in [7, 11) is 0. The van der Waals surface area contributed by atoms with Crippen LogP contribution in [0.2, 0.25) is 0 Å². The van der Waals surface area contributed by atoms with Gasteiger partial charge in [-0.25, -0.2) is 0 Å². The minimum atomic E-state index is -0.279. The number of fused-ring (bicyclic) bond motifs is 7. The monoisotopic (exact) mass is 535 g/mol. The molecule has 0 radical (unpaired) electrons. The maximum atomic E-state index is 14.2. The zero-order chi connectivity index (χ0) is 28.0. The summed E-state index contributed by atoms with van der Waals surface area (Å²) in [4.78, 5) is 14.2. The fourth-order valence-electron chi connectivity index (χ4n) is 12.3. The number of amides is 1. The van der Waals surface area contributed by atoms with Gasteiger partial charge in [0.2, 0.25) is 5.91 Å². The van der Waals surface area contributed by atoms with E-state index in [0.717, 1.165) is 44.1 Å². The van der Waals surface area contributed by atoms with Crippen molar-refractivity contribution in [3.05, 3.63) is 36.3 Å². The van der Waals surface area contributed by atoms with Crippen molar-refractivity contribution < 1.29 is 14.3 Å². The number of hydrogen-bond donors (Lipinski definition) is 2. The van der Waals surface area contributed by atoms with Crippen molar-refractivity contribution >= 4 is 5.91 Å². The van der Waals surface area contributed by atoms with Crippen molar-refractivity contribution in [2.24, 2.45) is 56.7 Å². The van der Waals surface area contributed by atoms with Crippen LogP contribution >= 0.6 is 0 Å². The lowest BCUT2D eigenvalue weighted by molar-refractivity contribution is -0.246. The molecule has 10 atom stereocenters. The molecule has 0 aromatic carbocycles. The van der Waals surface area contributed by atoms with E-state index in [-0.39, 0.29) is 39.1 Å². The van der Waals surface area contributed by atoms with Crippen LogP contribution in [0.1, 0.15) is 111 Å². The van der Waals surface area contributed by atoms with E-state index < -0.39 is 0 Å². The van der Waals surface area contributed by atoms with Gasteiger partial charge >= 0.3 is 0 Å². The third-order valence-electron chi connectivity index (χ3n) is 14.5. The van der Waals surface area contributed by atoms with E-state index in [2.05, 4.69) is 53.4 Å². The highest BCUT2D eigenvalue weighted by Gasteiger charge is 2.71. The molecule has 5 aliphatic rings. The van der Waals surface area contributed by atoms with Gasteiger partial charge in [-0.2, -0.15) is 0 Å². The molecule has 0 bridgehead atoms. The predicted octanol–water partition coefficient (Wildman–Crippen LogP) is 7.91. The lowest BCUT2D eigenvalue weighted by Gasteiger charge is -2.72. The minimum Gasteiger partial charge on any atom is -0.472 e. The van der Waals surface area contributed by atoms with E-state index in [1.807, 2.05) is 6.07 Å². The number of furan rings is 1. The summed E-state index contributed by atoms with van der Waals surface area (Å²) < 4.78 is 5.26. The van der Waals surface area contributed by atoms with Crippen LogP contribution in [-0.2, 0) is 11.3 Å². The van der Waals surface area contributed by atoms with E-state index in [9.17, 15) is 9.90 Å². The van der Waals surface area contributed by atoms with E-state index >= 15 is 0 Å². The molecule has 2 N–H and O–H groups in total. The van der Waals surface area contributed by atoms with Crippen molar-refractivity contribution in [1.82, 2.24) is 5.32 Å². The summed E-state index contributed by atoms with van der Waals surface area (Å²) in [5, 5.41) is 14.4. The minimum absolute atomic E-state index is 0.0165. The average molecular weight is 536 g/mol. The Hall–Kier alpha value is -1.55. The molecule has 5 aliphatic carbocycles. The molecule has 39 heavy (non-hydrogen) atoms. The van der Waals surface area contributed by atoms with E-state index in [0.29, 0.717) is 36.1 Å². The number of rotatable bonds is 4. The van der Waals surface area contributed by atoms with Gasteiger partial charge in [0.25, 0.3) is 0 Å². The molecule has 1 aromatic heterocycles. The van der Waals surface area contributed by atoms with Gasteiger partial charge in [0.1, 0.15) is 0 Å². The summed E-state index contributed by atoms with van der Waals surface area (Å²) in [6.45, 7) is 19.8. The summed E-state index contributed by atoms with van der Waals surface area (Å²) in [5.41, 5.74) is 2.78. The Morgan fingerprint density at radius 1 is 0.974 bits per heavy atom. The van der Waals surface area contributed by atoms with E-state index in [1.165, 1.54) is 31.3 Å². The molecule has 5 saturated carbocycles. The number of carbonyl (C=O) groups is 1. The molecular formula is C35H53NO3. The standard InChI is InChI=1S/C35H53NO3/c1-22(2)24-10-16-35(30(38)36-20-23-13-19-39-21-23)18-17-33(6)25(29(24)35)8-9-27-32(5)14-12-28(37)31(3,4)26(32)11-15-34(27,33)7/h13,19,21,24-29,37H,1,8-12,14-18,20H2,2-7H3,(H,36,38)/t24-,25+,26-,27+,28-,29+,32-,33+,34+,35-/m0/s1. The first-order valence-corrected chi connectivity index (χ1v) is 15.9. The van der Waals surface area contributed by atoms with E-state index in [1.54, 1.807) is 12.5 Å². The first kappa shape index (κ1) is 27.6. The van der Waals surface area contributed by atoms with Gasteiger partial charge < -0.3 is 14.8 Å². The Kier molecular flexibility index (Phi) is 6.35. The van der Waals surface area contributed by atoms with Gasteiger partial charge in [-0.05, 0) is 128 Å². The number of allylic oxidation sites excluding steroid dienone is 1. The highest BCUT2D eigenvalue weighted by atomic mass is 16.3. The van der Waals surface area contributed by atoms with Gasteiger partial charge in [0, 0.05) is 12.1 Å². The molecule has 1 aromatic rings. The molecule has 1 amide bonds. The van der Waals surface area contributed by atoms with Crippen molar-refractivity contribution in [3.63, 3.8) is 0 Å². The third kappa shape index (κ3) is 3.61. The SMILES string of the molecule is C=C(C)[C@@H]1CC[C@]2(C(=O)NCc3ccoc3)CC[C@]3(C)[C@H](CC[C@@H]4[C@@]5(C)CC[C@H](O)C(C)(C)[C@@H]5CC[C@]43C)[C@@H]12. The number of hydrogen-bond acceptors (Lipinski definition) is 3. The number of carbonyl (C=O) groups excluding carboxylic acids is 1. The van der Waals surface area contributed by atoms with Gasteiger partial charge in [0.15, 0.2) is 0 Å². The van der Waals surface area contributed by atoms with Crippen LogP contribution in [0.3, 0.4) is 0 Å². The van der Waals surface area contributed by atoms with Crippen molar-refractivity contribution in [1.29, 1.82) is 0 Å². The predicted molar refractivity (Wildman–Crippen MR) is 156 cm³/mol. The molecule has 5 fully saturated rings. The number of aliphatic hydroxyl groups is 1. The summed E-state index contributed by atoms with van der Waals surface area (Å²) in [6, 6.07) is 1.95. The van der Waals surface area contributed by atoms with Crippen molar-refractivity contribution in [3.8, 4) is 0 Å². The summed E-state index contributed by atoms with van der Waals surface area (Å²) in [5.74, 6) is 2.90. The van der Waals surface area contributed by atoms with Crippen molar-refractivity contribution in [2.45, 2.75) is 118 Å². The number of aliphatic hydroxyl groups excluding tert-OH is 1. The maximum Gasteiger partial charge on any atom is 0.226 e. The molecular weight excluding hydrogens is 482 g/mol. The Bertz CT molecular complexity index is 1120.